The molecule has 0 atom stereocenters. The van der Waals surface area contributed by atoms with E-state index in [1.807, 2.05) is 23.2 Å². The molecule has 0 saturated heterocycles. The largest absolute Gasteiger partial charge is 0.466 e. The average Bonchev–Trinajstić information content (AvgIpc) is 3.19. The molecule has 0 radical (unpaired) electrons. The molecular weight excluding hydrogens is 470 g/mol. The van der Waals surface area contributed by atoms with Crippen LogP contribution in [0.1, 0.15) is 18.9 Å². The van der Waals surface area contributed by atoms with Gasteiger partial charge in [-0.25, -0.2) is 14.8 Å². The number of ether oxygens (including phenoxy) is 1. The van der Waals surface area contributed by atoms with Crippen LogP contribution >= 0.6 is 23.2 Å². The number of esters is 1. The fourth-order valence-electron chi connectivity index (χ4n) is 3.32. The van der Waals surface area contributed by atoms with E-state index in [4.69, 9.17) is 27.9 Å². The van der Waals surface area contributed by atoms with Gasteiger partial charge in [0.05, 0.1) is 35.0 Å². The summed E-state index contributed by atoms with van der Waals surface area (Å²) in [6.45, 7) is 3.27. The number of aromatic nitrogens is 2. The van der Waals surface area contributed by atoms with Crippen molar-refractivity contribution in [1.82, 2.24) is 15.4 Å². The Labute approximate surface area is 200 Å². The molecule has 4 rings (SSSR count). The van der Waals surface area contributed by atoms with E-state index in [1.165, 1.54) is 0 Å². The minimum absolute atomic E-state index is 0.00106. The van der Waals surface area contributed by atoms with Crippen LogP contribution in [-0.4, -0.2) is 29.1 Å². The predicted octanol–water partition coefficient (Wildman–Crippen LogP) is 5.19. The van der Waals surface area contributed by atoms with E-state index in [1.54, 1.807) is 25.1 Å². The van der Waals surface area contributed by atoms with Crippen molar-refractivity contribution >= 4 is 58.0 Å². The van der Waals surface area contributed by atoms with Gasteiger partial charge in [-0.15, -0.1) is 0 Å². The zero-order valence-corrected chi connectivity index (χ0v) is 19.2. The summed E-state index contributed by atoms with van der Waals surface area (Å²) >= 11 is 11.9. The summed E-state index contributed by atoms with van der Waals surface area (Å²) in [6, 6.07) is 10.6. The number of hydrogen-bond acceptors (Lipinski definition) is 8. The number of carbonyl (C=O) groups excluding carboxylic acids is 1. The van der Waals surface area contributed by atoms with Crippen LogP contribution in [0.15, 0.2) is 42.6 Å². The number of hydrazine groups is 1. The number of anilines is 5. The second kappa shape index (κ2) is 10.2. The van der Waals surface area contributed by atoms with Crippen molar-refractivity contribution in [2.45, 2.75) is 19.9 Å². The maximum atomic E-state index is 14.3. The molecule has 1 aliphatic heterocycles. The number of carbonyl (C=O) groups is 1. The summed E-state index contributed by atoms with van der Waals surface area (Å²) < 4.78 is 19.2. The zero-order valence-electron chi connectivity index (χ0n) is 17.7. The van der Waals surface area contributed by atoms with Crippen molar-refractivity contribution < 1.29 is 13.9 Å². The second-order valence-corrected chi connectivity index (χ2v) is 7.97. The topological polar surface area (TPSA) is 91.4 Å². The summed E-state index contributed by atoms with van der Waals surface area (Å²) in [5.74, 6) is -0.616. The number of rotatable bonds is 8. The molecule has 0 unspecified atom stereocenters. The Kier molecular flexibility index (Phi) is 7.12. The predicted molar refractivity (Wildman–Crippen MR) is 127 cm³/mol. The van der Waals surface area contributed by atoms with E-state index in [-0.39, 0.29) is 24.2 Å². The van der Waals surface area contributed by atoms with E-state index in [0.717, 1.165) is 23.1 Å². The number of benzene rings is 2. The third-order valence-corrected chi connectivity index (χ3v) is 5.60. The minimum Gasteiger partial charge on any atom is -0.466 e. The quantitative estimate of drug-likeness (QED) is 0.371. The molecular formula is C22H21Cl2FN6O2. The monoisotopic (exact) mass is 490 g/mol. The van der Waals surface area contributed by atoms with Gasteiger partial charge < -0.3 is 20.4 Å². The van der Waals surface area contributed by atoms with Crippen LogP contribution in [0.25, 0.3) is 0 Å². The molecule has 2 aromatic carbocycles. The summed E-state index contributed by atoms with van der Waals surface area (Å²) in [5, 5.41) is 8.64. The first kappa shape index (κ1) is 23.0. The van der Waals surface area contributed by atoms with Crippen LogP contribution < -0.4 is 21.1 Å². The fourth-order valence-corrected chi connectivity index (χ4v) is 3.62. The van der Waals surface area contributed by atoms with Crippen LogP contribution in [0, 0.1) is 5.82 Å². The van der Waals surface area contributed by atoms with Crippen molar-refractivity contribution in [3.05, 3.63) is 64.0 Å². The first-order chi connectivity index (χ1) is 15.9. The summed E-state index contributed by atoms with van der Waals surface area (Å²) in [4.78, 5) is 19.9. The summed E-state index contributed by atoms with van der Waals surface area (Å²) in [6.07, 6.45) is 1.37. The molecule has 1 aromatic heterocycles. The molecule has 11 heteroatoms. The first-order valence-corrected chi connectivity index (χ1v) is 11.0. The lowest BCUT2D eigenvalue weighted by Crippen LogP contribution is -2.34. The summed E-state index contributed by atoms with van der Waals surface area (Å²) in [7, 11) is 0. The van der Waals surface area contributed by atoms with Crippen LogP contribution in [0.3, 0.4) is 0 Å². The van der Waals surface area contributed by atoms with Crippen LogP contribution in [0.5, 0.6) is 0 Å². The molecule has 0 bridgehead atoms. The second-order valence-electron chi connectivity index (χ2n) is 7.15. The van der Waals surface area contributed by atoms with Crippen LogP contribution in [-0.2, 0) is 16.1 Å². The zero-order chi connectivity index (χ0) is 23.4. The molecule has 0 fully saturated rings. The maximum Gasteiger partial charge on any atom is 0.307 e. The average molecular weight is 491 g/mol. The molecule has 8 nitrogen and oxygen atoms in total. The molecule has 0 aliphatic carbocycles. The van der Waals surface area contributed by atoms with E-state index in [2.05, 4.69) is 26.0 Å². The van der Waals surface area contributed by atoms with Gasteiger partial charge in [-0.05, 0) is 48.9 Å². The first-order valence-electron chi connectivity index (χ1n) is 10.2. The molecule has 0 saturated carbocycles. The Morgan fingerprint density at radius 3 is 2.76 bits per heavy atom. The molecule has 0 spiro atoms. The third-order valence-electron chi connectivity index (χ3n) is 4.86. The minimum atomic E-state index is -0.609. The number of fused-ring (bicyclic) bond motifs is 1. The van der Waals surface area contributed by atoms with Gasteiger partial charge in [0.1, 0.15) is 0 Å². The van der Waals surface area contributed by atoms with E-state index >= 15 is 0 Å². The number of halogens is 3. The lowest BCUT2D eigenvalue weighted by molar-refractivity contribution is -0.142. The SMILES string of the molecule is CCOC(=O)CCN1NCc2cc(Nc3ncc(F)c(Nc4ccc(Cl)c(Cl)c4)n3)ccc21. The highest BCUT2D eigenvalue weighted by Crippen LogP contribution is 2.30. The van der Waals surface area contributed by atoms with E-state index in [0.29, 0.717) is 35.4 Å². The molecule has 3 aromatic rings. The van der Waals surface area contributed by atoms with Gasteiger partial charge in [0.15, 0.2) is 11.6 Å². The van der Waals surface area contributed by atoms with Gasteiger partial charge in [0, 0.05) is 24.5 Å². The molecule has 3 N–H and O–H groups in total. The van der Waals surface area contributed by atoms with Crippen molar-refractivity contribution in [3.63, 3.8) is 0 Å². The Hall–Kier alpha value is -3.14. The molecule has 172 valence electrons. The van der Waals surface area contributed by atoms with Gasteiger partial charge in [-0.3, -0.25) is 4.79 Å². The van der Waals surface area contributed by atoms with Gasteiger partial charge in [0.2, 0.25) is 5.95 Å². The lowest BCUT2D eigenvalue weighted by atomic mass is 10.1. The van der Waals surface area contributed by atoms with Crippen molar-refractivity contribution in [1.29, 1.82) is 0 Å². The Bertz CT molecular complexity index is 1180. The highest BCUT2D eigenvalue weighted by atomic mass is 35.5. The standard InChI is InChI=1S/C22H21Cl2FN6O2/c1-2-33-20(32)7-8-31-19-6-4-14(9-13(19)11-27-31)29-22-26-12-18(25)21(30-22)28-15-3-5-16(23)17(24)10-15/h3-6,9-10,12,27H,2,7-8,11H2,1H3,(H2,26,28,29,30). The van der Waals surface area contributed by atoms with Crippen LogP contribution in [0.4, 0.5) is 33.2 Å². The third kappa shape index (κ3) is 5.62. The molecule has 1 aliphatic rings. The van der Waals surface area contributed by atoms with Crippen molar-refractivity contribution in [3.8, 4) is 0 Å². The number of nitrogens with one attached hydrogen (secondary N) is 3. The highest BCUT2D eigenvalue weighted by Gasteiger charge is 2.20. The molecule has 2 heterocycles. The van der Waals surface area contributed by atoms with Gasteiger partial charge in [-0.1, -0.05) is 23.2 Å². The Morgan fingerprint density at radius 1 is 1.18 bits per heavy atom. The molecule has 33 heavy (non-hydrogen) atoms. The lowest BCUT2D eigenvalue weighted by Gasteiger charge is -2.19. The van der Waals surface area contributed by atoms with Crippen molar-refractivity contribution in [2.75, 3.05) is 28.8 Å². The Balaban J connectivity index is 1.45. The normalized spacial score (nSPS) is 12.4. The smallest absolute Gasteiger partial charge is 0.307 e. The van der Waals surface area contributed by atoms with Crippen molar-refractivity contribution in [2.24, 2.45) is 0 Å². The molecule has 0 amide bonds. The van der Waals surface area contributed by atoms with Crippen LogP contribution in [0.2, 0.25) is 10.0 Å². The van der Waals surface area contributed by atoms with Gasteiger partial charge in [0.25, 0.3) is 0 Å². The number of nitrogens with zero attached hydrogens (tertiary/aromatic N) is 3. The van der Waals surface area contributed by atoms with Gasteiger partial charge >= 0.3 is 5.97 Å². The van der Waals surface area contributed by atoms with E-state index in [9.17, 15) is 9.18 Å². The van der Waals surface area contributed by atoms with E-state index < -0.39 is 5.82 Å². The summed E-state index contributed by atoms with van der Waals surface area (Å²) in [5.41, 5.74) is 6.56. The maximum absolute atomic E-state index is 14.3. The highest BCUT2D eigenvalue weighted by molar-refractivity contribution is 6.42. The Morgan fingerprint density at radius 2 is 1.97 bits per heavy atom. The van der Waals surface area contributed by atoms with Gasteiger partial charge in [-0.2, -0.15) is 4.98 Å². The fraction of sp³-hybridized carbons (Fsp3) is 0.227. The number of hydrogen-bond donors (Lipinski definition) is 3.